The molecule has 0 bridgehead atoms. The summed E-state index contributed by atoms with van der Waals surface area (Å²) < 4.78 is 0. The second-order valence-electron chi connectivity index (χ2n) is 6.07. The number of allylic oxidation sites excluding steroid dienone is 2. The quantitative estimate of drug-likeness (QED) is 0.540. The number of hydrogen-bond acceptors (Lipinski definition) is 0. The molecule has 2 rings (SSSR count). The van der Waals surface area contributed by atoms with E-state index in [4.69, 9.17) is 0 Å². The minimum Gasteiger partial charge on any atom is -0.0733 e. The molecule has 0 amide bonds. The molecule has 2 aliphatic carbocycles. The molecule has 0 nitrogen and oxygen atoms in total. The molecule has 0 aromatic carbocycles. The summed E-state index contributed by atoms with van der Waals surface area (Å²) in [6, 6.07) is 0. The van der Waals surface area contributed by atoms with Crippen LogP contribution in [0.1, 0.15) is 53.9 Å². The molecule has 0 radical (unpaired) electrons. The maximum atomic E-state index is 2.45. The van der Waals surface area contributed by atoms with Crippen molar-refractivity contribution in [3.05, 3.63) is 11.1 Å². The number of hydrogen-bond donors (Lipinski definition) is 0. The van der Waals surface area contributed by atoms with Gasteiger partial charge >= 0.3 is 0 Å². The van der Waals surface area contributed by atoms with Crippen LogP contribution in [0.3, 0.4) is 0 Å². The van der Waals surface area contributed by atoms with E-state index in [-0.39, 0.29) is 0 Å². The molecular formula is C14H24. The maximum absolute atomic E-state index is 2.45. The zero-order valence-corrected chi connectivity index (χ0v) is 10.4. The summed E-state index contributed by atoms with van der Waals surface area (Å²) in [5.41, 5.74) is 4.15. The van der Waals surface area contributed by atoms with Gasteiger partial charge in [-0.05, 0) is 49.4 Å². The first-order valence-corrected chi connectivity index (χ1v) is 6.17. The number of rotatable bonds is 1. The van der Waals surface area contributed by atoms with Crippen LogP contribution in [0.15, 0.2) is 11.1 Å². The Morgan fingerprint density at radius 2 is 1.86 bits per heavy atom. The van der Waals surface area contributed by atoms with Crippen molar-refractivity contribution in [3.63, 3.8) is 0 Å². The lowest BCUT2D eigenvalue weighted by Gasteiger charge is -2.58. The molecule has 80 valence electrons. The van der Waals surface area contributed by atoms with Crippen molar-refractivity contribution in [2.24, 2.45) is 23.2 Å². The predicted molar refractivity (Wildman–Crippen MR) is 62.2 cm³/mol. The fourth-order valence-corrected chi connectivity index (χ4v) is 4.19. The monoisotopic (exact) mass is 192 g/mol. The summed E-state index contributed by atoms with van der Waals surface area (Å²) in [6.07, 6.45) is 4.19. The van der Waals surface area contributed by atoms with Crippen molar-refractivity contribution in [2.45, 2.75) is 53.9 Å². The Balaban J connectivity index is 2.39. The van der Waals surface area contributed by atoms with Crippen LogP contribution >= 0.6 is 0 Å². The molecule has 1 unspecified atom stereocenters. The average molecular weight is 192 g/mol. The molecular weight excluding hydrogens is 168 g/mol. The topological polar surface area (TPSA) is 0 Å². The smallest absolute Gasteiger partial charge is 0.00311 e. The largest absolute Gasteiger partial charge is 0.0733 e. The van der Waals surface area contributed by atoms with E-state index in [1.807, 2.05) is 5.57 Å². The van der Waals surface area contributed by atoms with E-state index in [0.717, 1.165) is 17.8 Å². The summed E-state index contributed by atoms with van der Waals surface area (Å²) in [5.74, 6) is 2.66. The van der Waals surface area contributed by atoms with Gasteiger partial charge in [-0.25, -0.2) is 0 Å². The Labute approximate surface area is 88.8 Å². The van der Waals surface area contributed by atoms with E-state index in [0.29, 0.717) is 5.41 Å². The van der Waals surface area contributed by atoms with Crippen LogP contribution in [0.5, 0.6) is 0 Å². The van der Waals surface area contributed by atoms with E-state index >= 15 is 0 Å². The van der Waals surface area contributed by atoms with Crippen LogP contribution < -0.4 is 0 Å². The van der Waals surface area contributed by atoms with Gasteiger partial charge in [0.1, 0.15) is 0 Å². The highest BCUT2D eigenvalue weighted by molar-refractivity contribution is 5.34. The maximum Gasteiger partial charge on any atom is -0.00311 e. The van der Waals surface area contributed by atoms with Gasteiger partial charge in [0.25, 0.3) is 0 Å². The molecule has 0 aromatic rings. The Morgan fingerprint density at radius 3 is 2.36 bits per heavy atom. The molecule has 0 heteroatoms. The normalized spacial score (nSPS) is 42.4. The van der Waals surface area contributed by atoms with Crippen molar-refractivity contribution in [2.75, 3.05) is 0 Å². The van der Waals surface area contributed by atoms with Gasteiger partial charge in [-0.2, -0.15) is 0 Å². The molecule has 0 aromatic heterocycles. The highest BCUT2D eigenvalue weighted by atomic mass is 14.6. The van der Waals surface area contributed by atoms with E-state index in [1.165, 1.54) is 19.3 Å². The van der Waals surface area contributed by atoms with Crippen molar-refractivity contribution < 1.29 is 0 Å². The molecule has 0 saturated heterocycles. The number of fused-ring (bicyclic) bond motifs is 1. The SMILES string of the molecule is CC1=C2C[C@H](C)C2(C(C)C)C[C@@H](C)C1. The third-order valence-corrected chi connectivity index (χ3v) is 4.84. The van der Waals surface area contributed by atoms with Crippen LogP contribution in [0.25, 0.3) is 0 Å². The molecule has 1 saturated carbocycles. The lowest BCUT2D eigenvalue weighted by atomic mass is 9.46. The van der Waals surface area contributed by atoms with Gasteiger partial charge in [-0.3, -0.25) is 0 Å². The van der Waals surface area contributed by atoms with Crippen molar-refractivity contribution in [1.29, 1.82) is 0 Å². The first-order valence-electron chi connectivity index (χ1n) is 6.17. The van der Waals surface area contributed by atoms with Crippen molar-refractivity contribution in [3.8, 4) is 0 Å². The lowest BCUT2D eigenvalue weighted by Crippen LogP contribution is -2.49. The van der Waals surface area contributed by atoms with Crippen molar-refractivity contribution >= 4 is 0 Å². The third kappa shape index (κ3) is 1.12. The van der Waals surface area contributed by atoms with Crippen LogP contribution in [-0.4, -0.2) is 0 Å². The molecule has 14 heavy (non-hydrogen) atoms. The van der Waals surface area contributed by atoms with Gasteiger partial charge in [0.05, 0.1) is 0 Å². The summed E-state index contributed by atoms with van der Waals surface area (Å²) in [6.45, 7) is 12.1. The van der Waals surface area contributed by atoms with E-state index in [9.17, 15) is 0 Å². The Bertz CT molecular complexity index is 265. The van der Waals surface area contributed by atoms with Crippen LogP contribution in [0.4, 0.5) is 0 Å². The van der Waals surface area contributed by atoms with Crippen LogP contribution in [-0.2, 0) is 0 Å². The first kappa shape index (κ1) is 10.3. The summed E-state index contributed by atoms with van der Waals surface area (Å²) >= 11 is 0. The molecule has 0 heterocycles. The zero-order valence-electron chi connectivity index (χ0n) is 10.4. The molecule has 1 fully saturated rings. The van der Waals surface area contributed by atoms with E-state index in [2.05, 4.69) is 34.6 Å². The summed E-state index contributed by atoms with van der Waals surface area (Å²) in [4.78, 5) is 0. The highest BCUT2D eigenvalue weighted by Crippen LogP contribution is 2.63. The predicted octanol–water partition coefficient (Wildman–Crippen LogP) is 4.42. The van der Waals surface area contributed by atoms with Gasteiger partial charge in [-0.1, -0.05) is 38.8 Å². The van der Waals surface area contributed by atoms with Gasteiger partial charge < -0.3 is 0 Å². The Hall–Kier alpha value is -0.260. The second-order valence-corrected chi connectivity index (χ2v) is 6.07. The molecule has 3 atom stereocenters. The van der Waals surface area contributed by atoms with Gasteiger partial charge in [0.2, 0.25) is 0 Å². The van der Waals surface area contributed by atoms with E-state index < -0.39 is 0 Å². The fourth-order valence-electron chi connectivity index (χ4n) is 4.19. The molecule has 0 aliphatic heterocycles. The third-order valence-electron chi connectivity index (χ3n) is 4.84. The average Bonchev–Trinajstić information content (AvgIpc) is 2.07. The van der Waals surface area contributed by atoms with Crippen LogP contribution in [0.2, 0.25) is 0 Å². The standard InChI is InChI=1S/C14H24/c1-9(2)14-8-10(3)6-11(4)13(14)7-12(14)5/h9-10,12H,6-8H2,1-5H3/t10-,12-,14?/m0/s1. The zero-order chi connectivity index (χ0) is 10.5. The van der Waals surface area contributed by atoms with Gasteiger partial charge in [0.15, 0.2) is 0 Å². The lowest BCUT2D eigenvalue weighted by molar-refractivity contribution is 0.0311. The fraction of sp³-hybridized carbons (Fsp3) is 0.857. The Morgan fingerprint density at radius 1 is 1.21 bits per heavy atom. The molecule has 2 aliphatic rings. The van der Waals surface area contributed by atoms with Gasteiger partial charge in [-0.15, -0.1) is 0 Å². The highest BCUT2D eigenvalue weighted by Gasteiger charge is 2.53. The van der Waals surface area contributed by atoms with Crippen molar-refractivity contribution in [1.82, 2.24) is 0 Å². The first-order chi connectivity index (χ1) is 6.48. The Kier molecular flexibility index (Phi) is 2.28. The minimum absolute atomic E-state index is 0.599. The minimum atomic E-state index is 0.599. The molecule has 0 spiro atoms. The van der Waals surface area contributed by atoms with E-state index in [1.54, 1.807) is 5.57 Å². The molecule has 0 N–H and O–H groups in total. The van der Waals surface area contributed by atoms with Gasteiger partial charge in [0, 0.05) is 0 Å². The second kappa shape index (κ2) is 3.12. The van der Waals surface area contributed by atoms with Crippen LogP contribution in [0, 0.1) is 23.2 Å². The summed E-state index contributed by atoms with van der Waals surface area (Å²) in [5, 5.41) is 0. The summed E-state index contributed by atoms with van der Waals surface area (Å²) in [7, 11) is 0.